The van der Waals surface area contributed by atoms with Crippen LogP contribution in [0.25, 0.3) is 0 Å². The number of nitrogens with two attached hydrogens (primary N) is 1. The third-order valence-corrected chi connectivity index (χ3v) is 3.07. The third kappa shape index (κ3) is 2.44. The van der Waals surface area contributed by atoms with Gasteiger partial charge in [0, 0.05) is 19.1 Å². The number of rotatable bonds is 2. The van der Waals surface area contributed by atoms with Crippen molar-refractivity contribution in [1.82, 2.24) is 15.1 Å². The molecule has 1 amide bonds. The number of carbonyl (C=O) groups excluding carboxylic acids is 1. The van der Waals surface area contributed by atoms with E-state index >= 15 is 0 Å². The van der Waals surface area contributed by atoms with Crippen LogP contribution in [0, 0.1) is 6.92 Å². The van der Waals surface area contributed by atoms with Gasteiger partial charge in [0.2, 0.25) is 0 Å². The lowest BCUT2D eigenvalue weighted by atomic mass is 10.1. The van der Waals surface area contributed by atoms with Crippen molar-refractivity contribution in [3.05, 3.63) is 23.0 Å². The molecule has 1 aromatic heterocycles. The zero-order valence-electron chi connectivity index (χ0n) is 10.3. The lowest BCUT2D eigenvalue weighted by molar-refractivity contribution is 0.0789. The molecule has 1 aromatic rings. The van der Waals surface area contributed by atoms with Gasteiger partial charge in [-0.15, -0.1) is 0 Å². The van der Waals surface area contributed by atoms with Crippen LogP contribution in [0.5, 0.6) is 0 Å². The first-order chi connectivity index (χ1) is 8.11. The van der Waals surface area contributed by atoms with Crippen molar-refractivity contribution in [2.75, 3.05) is 13.1 Å². The van der Waals surface area contributed by atoms with E-state index in [2.05, 4.69) is 10.2 Å². The summed E-state index contributed by atoms with van der Waals surface area (Å²) in [5.41, 5.74) is 8.03. The highest BCUT2D eigenvalue weighted by Crippen LogP contribution is 2.15. The van der Waals surface area contributed by atoms with E-state index in [1.54, 1.807) is 4.90 Å². The van der Waals surface area contributed by atoms with Gasteiger partial charge in [-0.1, -0.05) is 6.92 Å². The highest BCUT2D eigenvalue weighted by atomic mass is 16.2. The maximum atomic E-state index is 12.3. The summed E-state index contributed by atoms with van der Waals surface area (Å²) < 4.78 is 0. The summed E-state index contributed by atoms with van der Waals surface area (Å²) in [6, 6.07) is 1.93. The summed E-state index contributed by atoms with van der Waals surface area (Å²) in [4.78, 5) is 14.1. The Balaban J connectivity index is 2.26. The largest absolute Gasteiger partial charge is 0.337 e. The summed E-state index contributed by atoms with van der Waals surface area (Å²) >= 11 is 0. The van der Waals surface area contributed by atoms with Gasteiger partial charge in [0.15, 0.2) is 0 Å². The summed E-state index contributed by atoms with van der Waals surface area (Å²) in [5, 5.41) is 8.07. The minimum atomic E-state index is 0.0350. The highest BCUT2D eigenvalue weighted by molar-refractivity contribution is 5.95. The molecular formula is C12H18N4O. The molecular weight excluding hydrogens is 216 g/mol. The van der Waals surface area contributed by atoms with Crippen molar-refractivity contribution in [1.29, 1.82) is 0 Å². The van der Waals surface area contributed by atoms with Crippen molar-refractivity contribution < 1.29 is 4.79 Å². The minimum absolute atomic E-state index is 0.0350. The van der Waals surface area contributed by atoms with E-state index in [-0.39, 0.29) is 11.9 Å². The van der Waals surface area contributed by atoms with Gasteiger partial charge in [-0.3, -0.25) is 4.79 Å². The fourth-order valence-corrected chi connectivity index (χ4v) is 2.10. The highest BCUT2D eigenvalue weighted by Gasteiger charge is 2.26. The molecule has 0 bridgehead atoms. The fourth-order valence-electron chi connectivity index (χ4n) is 2.10. The Labute approximate surface area is 101 Å². The van der Waals surface area contributed by atoms with Gasteiger partial charge >= 0.3 is 0 Å². The van der Waals surface area contributed by atoms with Gasteiger partial charge < -0.3 is 10.6 Å². The average Bonchev–Trinajstić information content (AvgIpc) is 2.75. The van der Waals surface area contributed by atoms with E-state index in [1.165, 1.54) is 0 Å². The lowest BCUT2D eigenvalue weighted by Gasteiger charge is -2.17. The van der Waals surface area contributed by atoms with E-state index in [4.69, 9.17) is 5.73 Å². The van der Waals surface area contributed by atoms with Crippen LogP contribution in [0.2, 0.25) is 0 Å². The molecule has 1 atom stereocenters. The lowest BCUT2D eigenvalue weighted by Crippen LogP contribution is -2.32. The second kappa shape index (κ2) is 4.79. The first kappa shape index (κ1) is 12.0. The Bertz CT molecular complexity index is 433. The molecule has 92 valence electrons. The number of amides is 1. The van der Waals surface area contributed by atoms with Crippen LogP contribution >= 0.6 is 0 Å². The molecule has 0 radical (unpaired) electrons. The predicted molar refractivity (Wildman–Crippen MR) is 64.6 cm³/mol. The molecule has 2 heterocycles. The number of hydrogen-bond donors (Lipinski definition) is 1. The normalized spacial score (nSPS) is 19.7. The molecule has 0 aromatic carbocycles. The Morgan fingerprint density at radius 1 is 1.59 bits per heavy atom. The van der Waals surface area contributed by atoms with Crippen LogP contribution in [0.15, 0.2) is 6.07 Å². The second-order valence-electron chi connectivity index (χ2n) is 4.50. The second-order valence-corrected chi connectivity index (χ2v) is 4.50. The zero-order valence-corrected chi connectivity index (χ0v) is 10.3. The summed E-state index contributed by atoms with van der Waals surface area (Å²) in [5.74, 6) is 0.0350. The average molecular weight is 234 g/mol. The van der Waals surface area contributed by atoms with Gasteiger partial charge in [-0.2, -0.15) is 10.2 Å². The first-order valence-electron chi connectivity index (χ1n) is 6.00. The van der Waals surface area contributed by atoms with Crippen molar-refractivity contribution >= 4 is 5.91 Å². The van der Waals surface area contributed by atoms with E-state index in [1.807, 2.05) is 19.9 Å². The molecule has 0 spiro atoms. The molecule has 1 aliphatic heterocycles. The van der Waals surface area contributed by atoms with Crippen LogP contribution in [-0.4, -0.2) is 40.1 Å². The molecule has 5 nitrogen and oxygen atoms in total. The Hall–Kier alpha value is -1.49. The molecule has 0 aliphatic carbocycles. The monoisotopic (exact) mass is 234 g/mol. The van der Waals surface area contributed by atoms with Crippen LogP contribution in [0.4, 0.5) is 0 Å². The fraction of sp³-hybridized carbons (Fsp3) is 0.583. The van der Waals surface area contributed by atoms with Crippen molar-refractivity contribution in [3.63, 3.8) is 0 Å². The number of aryl methyl sites for hydroxylation is 2. The van der Waals surface area contributed by atoms with Crippen LogP contribution in [0.1, 0.15) is 35.1 Å². The van der Waals surface area contributed by atoms with Gasteiger partial charge in [-0.05, 0) is 25.8 Å². The standard InChI is InChI=1S/C12H18N4O/c1-3-11-10(6-8(2)14-15-11)12(17)16-5-4-9(13)7-16/h6,9H,3-5,7,13H2,1-2H3/t9-/m0/s1. The SMILES string of the molecule is CCc1nnc(C)cc1C(=O)N1CC[C@H](N)C1. The van der Waals surface area contributed by atoms with E-state index in [0.29, 0.717) is 18.5 Å². The molecule has 1 aliphatic rings. The van der Waals surface area contributed by atoms with Gasteiger partial charge in [-0.25, -0.2) is 0 Å². The predicted octanol–water partition coefficient (Wildman–Crippen LogP) is 0.521. The van der Waals surface area contributed by atoms with E-state index < -0.39 is 0 Å². The smallest absolute Gasteiger partial charge is 0.255 e. The Kier molecular flexibility index (Phi) is 3.38. The maximum Gasteiger partial charge on any atom is 0.255 e. The minimum Gasteiger partial charge on any atom is -0.337 e. The van der Waals surface area contributed by atoms with Gasteiger partial charge in [0.1, 0.15) is 0 Å². The summed E-state index contributed by atoms with van der Waals surface area (Å²) in [6.45, 7) is 5.21. The third-order valence-electron chi connectivity index (χ3n) is 3.07. The summed E-state index contributed by atoms with van der Waals surface area (Å²) in [7, 11) is 0. The molecule has 17 heavy (non-hydrogen) atoms. The van der Waals surface area contributed by atoms with Crippen LogP contribution < -0.4 is 5.73 Å². The topological polar surface area (TPSA) is 72.1 Å². The van der Waals surface area contributed by atoms with Gasteiger partial charge in [0.25, 0.3) is 5.91 Å². The number of nitrogens with zero attached hydrogens (tertiary/aromatic N) is 3. The van der Waals surface area contributed by atoms with Crippen molar-refractivity contribution in [3.8, 4) is 0 Å². The molecule has 1 fully saturated rings. The van der Waals surface area contributed by atoms with Gasteiger partial charge in [0.05, 0.1) is 17.0 Å². The van der Waals surface area contributed by atoms with Crippen molar-refractivity contribution in [2.24, 2.45) is 5.73 Å². The molecule has 5 heteroatoms. The van der Waals surface area contributed by atoms with E-state index in [0.717, 1.165) is 24.4 Å². The van der Waals surface area contributed by atoms with Crippen LogP contribution in [0.3, 0.4) is 0 Å². The maximum absolute atomic E-state index is 12.3. The number of carbonyl (C=O) groups is 1. The molecule has 1 saturated heterocycles. The molecule has 2 rings (SSSR count). The zero-order chi connectivity index (χ0) is 12.4. The van der Waals surface area contributed by atoms with E-state index in [9.17, 15) is 4.79 Å². The molecule has 0 unspecified atom stereocenters. The number of hydrogen-bond acceptors (Lipinski definition) is 4. The molecule has 2 N–H and O–H groups in total. The summed E-state index contributed by atoms with van der Waals surface area (Å²) in [6.07, 6.45) is 1.60. The molecule has 0 saturated carbocycles. The number of aromatic nitrogens is 2. The quantitative estimate of drug-likeness (QED) is 0.809. The Morgan fingerprint density at radius 3 is 2.94 bits per heavy atom. The first-order valence-corrected chi connectivity index (χ1v) is 6.00. The van der Waals surface area contributed by atoms with Crippen LogP contribution in [-0.2, 0) is 6.42 Å². The Morgan fingerprint density at radius 2 is 2.35 bits per heavy atom. The van der Waals surface area contributed by atoms with Crippen molar-refractivity contribution in [2.45, 2.75) is 32.7 Å². The number of likely N-dealkylation sites (tertiary alicyclic amines) is 1.